The normalized spacial score (nSPS) is 12.3. The molecule has 1 aromatic carbocycles. The second kappa shape index (κ2) is 11.1. The second-order valence-electron chi connectivity index (χ2n) is 6.19. The van der Waals surface area contributed by atoms with Crippen molar-refractivity contribution in [1.82, 2.24) is 15.6 Å². The fraction of sp³-hybridized carbons (Fsp3) is 0.400. The maximum Gasteiger partial charge on any atom is 0.191 e. The molecular weight excluding hydrogens is 442 g/mol. The highest BCUT2D eigenvalue weighted by Gasteiger charge is 2.09. The number of hydrogen-bond acceptors (Lipinski definition) is 2. The van der Waals surface area contributed by atoms with Crippen LogP contribution in [0.25, 0.3) is 0 Å². The molecule has 0 aliphatic carbocycles. The van der Waals surface area contributed by atoms with Crippen LogP contribution in [-0.4, -0.2) is 24.0 Å². The summed E-state index contributed by atoms with van der Waals surface area (Å²) in [6.07, 6.45) is 4.54. The van der Waals surface area contributed by atoms with Gasteiger partial charge in [0, 0.05) is 25.5 Å². The van der Waals surface area contributed by atoms with E-state index in [9.17, 15) is 4.39 Å². The van der Waals surface area contributed by atoms with E-state index in [4.69, 9.17) is 0 Å². The van der Waals surface area contributed by atoms with Crippen molar-refractivity contribution in [2.24, 2.45) is 4.99 Å². The molecular formula is C20H28FIN4. The molecule has 0 saturated heterocycles. The predicted octanol–water partition coefficient (Wildman–Crippen LogP) is 4.31. The average Bonchev–Trinajstić information content (AvgIpc) is 2.59. The average molecular weight is 470 g/mol. The number of benzene rings is 1. The molecule has 0 spiro atoms. The largest absolute Gasteiger partial charge is 0.357 e. The van der Waals surface area contributed by atoms with E-state index >= 15 is 0 Å². The van der Waals surface area contributed by atoms with E-state index in [0.29, 0.717) is 12.1 Å². The Morgan fingerprint density at radius 3 is 2.65 bits per heavy atom. The quantitative estimate of drug-likeness (QED) is 0.376. The molecule has 1 heterocycles. The highest BCUT2D eigenvalue weighted by Crippen LogP contribution is 2.16. The standard InChI is InChI=1S/C20H27FN4.HI/c1-5-23-20(24-11-9-17-8-10-22-13-15(17)3)25-16(4)18-7-6-14(2)19(21)12-18;/h6-8,10,12-13,16H,5,9,11H2,1-4H3,(H2,23,24,25);1H. The number of aliphatic imine (C=N–C) groups is 1. The van der Waals surface area contributed by atoms with Crippen molar-refractivity contribution in [1.29, 1.82) is 0 Å². The zero-order valence-corrected chi connectivity index (χ0v) is 18.2. The lowest BCUT2D eigenvalue weighted by Gasteiger charge is -2.18. The SMILES string of the molecule is CCNC(=NCCc1ccncc1C)NC(C)c1ccc(C)c(F)c1.I. The first-order valence-corrected chi connectivity index (χ1v) is 8.71. The number of nitrogens with zero attached hydrogens (tertiary/aromatic N) is 2. The van der Waals surface area contributed by atoms with Crippen LogP contribution in [0.4, 0.5) is 4.39 Å². The van der Waals surface area contributed by atoms with E-state index in [1.54, 1.807) is 19.1 Å². The molecule has 142 valence electrons. The summed E-state index contributed by atoms with van der Waals surface area (Å²) in [4.78, 5) is 8.75. The smallest absolute Gasteiger partial charge is 0.191 e. The van der Waals surface area contributed by atoms with Gasteiger partial charge < -0.3 is 10.6 Å². The lowest BCUT2D eigenvalue weighted by molar-refractivity contribution is 0.607. The van der Waals surface area contributed by atoms with Crippen LogP contribution in [0.1, 0.15) is 42.1 Å². The predicted molar refractivity (Wildman–Crippen MR) is 117 cm³/mol. The van der Waals surface area contributed by atoms with Gasteiger partial charge in [0.1, 0.15) is 5.82 Å². The number of pyridine rings is 1. The molecule has 4 nitrogen and oxygen atoms in total. The van der Waals surface area contributed by atoms with E-state index in [1.165, 1.54) is 11.1 Å². The van der Waals surface area contributed by atoms with E-state index < -0.39 is 0 Å². The van der Waals surface area contributed by atoms with Crippen LogP contribution >= 0.6 is 24.0 Å². The summed E-state index contributed by atoms with van der Waals surface area (Å²) in [6.45, 7) is 9.31. The third-order valence-electron chi connectivity index (χ3n) is 4.18. The number of nitrogens with one attached hydrogen (secondary N) is 2. The molecule has 26 heavy (non-hydrogen) atoms. The number of rotatable bonds is 6. The molecule has 0 fully saturated rings. The molecule has 6 heteroatoms. The Labute approximate surface area is 172 Å². The molecule has 0 saturated carbocycles. The van der Waals surface area contributed by atoms with Crippen molar-refractivity contribution >= 4 is 29.9 Å². The summed E-state index contributed by atoms with van der Waals surface area (Å²) in [5, 5.41) is 6.58. The van der Waals surface area contributed by atoms with Crippen molar-refractivity contribution in [3.05, 3.63) is 64.7 Å². The van der Waals surface area contributed by atoms with Gasteiger partial charge in [-0.3, -0.25) is 9.98 Å². The van der Waals surface area contributed by atoms with Crippen LogP contribution in [0.15, 0.2) is 41.7 Å². The lowest BCUT2D eigenvalue weighted by Crippen LogP contribution is -2.39. The summed E-state index contributed by atoms with van der Waals surface area (Å²) >= 11 is 0. The lowest BCUT2D eigenvalue weighted by atomic mass is 10.1. The minimum Gasteiger partial charge on any atom is -0.357 e. The first-order valence-electron chi connectivity index (χ1n) is 8.71. The Morgan fingerprint density at radius 1 is 1.23 bits per heavy atom. The first kappa shape index (κ1) is 22.3. The second-order valence-corrected chi connectivity index (χ2v) is 6.19. The summed E-state index contributed by atoms with van der Waals surface area (Å²) in [7, 11) is 0. The molecule has 1 unspecified atom stereocenters. The summed E-state index contributed by atoms with van der Waals surface area (Å²) in [5.74, 6) is 0.559. The molecule has 1 aromatic heterocycles. The molecule has 2 aromatic rings. The summed E-state index contributed by atoms with van der Waals surface area (Å²) in [5.41, 5.74) is 3.99. The molecule has 0 bridgehead atoms. The highest BCUT2D eigenvalue weighted by molar-refractivity contribution is 14.0. The van der Waals surface area contributed by atoms with Crippen LogP contribution in [0.3, 0.4) is 0 Å². The minimum atomic E-state index is -0.179. The monoisotopic (exact) mass is 470 g/mol. The van der Waals surface area contributed by atoms with E-state index in [-0.39, 0.29) is 35.8 Å². The van der Waals surface area contributed by atoms with Crippen molar-refractivity contribution in [2.75, 3.05) is 13.1 Å². The topological polar surface area (TPSA) is 49.3 Å². The van der Waals surface area contributed by atoms with E-state index in [0.717, 1.165) is 24.5 Å². The van der Waals surface area contributed by atoms with Crippen LogP contribution in [0, 0.1) is 19.7 Å². The fourth-order valence-corrected chi connectivity index (χ4v) is 2.56. The Bertz CT molecular complexity index is 734. The summed E-state index contributed by atoms with van der Waals surface area (Å²) in [6, 6.07) is 7.33. The molecule has 0 aliphatic rings. The Kier molecular flexibility index (Phi) is 9.54. The fourth-order valence-electron chi connectivity index (χ4n) is 2.56. The van der Waals surface area contributed by atoms with Crippen molar-refractivity contribution in [3.63, 3.8) is 0 Å². The van der Waals surface area contributed by atoms with E-state index in [2.05, 4.69) is 27.5 Å². The van der Waals surface area contributed by atoms with Gasteiger partial charge >= 0.3 is 0 Å². The van der Waals surface area contributed by atoms with E-state index in [1.807, 2.05) is 38.4 Å². The number of hydrogen-bond donors (Lipinski definition) is 2. The van der Waals surface area contributed by atoms with Gasteiger partial charge in [-0.2, -0.15) is 0 Å². The van der Waals surface area contributed by atoms with Gasteiger partial charge in [-0.05, 0) is 68.5 Å². The number of aromatic nitrogens is 1. The Morgan fingerprint density at radius 2 is 2.00 bits per heavy atom. The molecule has 2 rings (SSSR count). The maximum atomic E-state index is 13.8. The van der Waals surface area contributed by atoms with Gasteiger partial charge in [-0.15, -0.1) is 24.0 Å². The molecule has 1 atom stereocenters. The van der Waals surface area contributed by atoms with Gasteiger partial charge in [0.15, 0.2) is 5.96 Å². The van der Waals surface area contributed by atoms with Gasteiger partial charge in [0.05, 0.1) is 6.04 Å². The Balaban J connectivity index is 0.00000338. The first-order chi connectivity index (χ1) is 12.0. The van der Waals surface area contributed by atoms with Crippen LogP contribution in [0.5, 0.6) is 0 Å². The van der Waals surface area contributed by atoms with Crippen LogP contribution < -0.4 is 10.6 Å². The molecule has 0 radical (unpaired) electrons. The van der Waals surface area contributed by atoms with Gasteiger partial charge in [0.2, 0.25) is 0 Å². The number of guanidine groups is 1. The van der Waals surface area contributed by atoms with Crippen LogP contribution in [-0.2, 0) is 6.42 Å². The summed E-state index contributed by atoms with van der Waals surface area (Å²) < 4.78 is 13.8. The molecule has 2 N–H and O–H groups in total. The van der Waals surface area contributed by atoms with Gasteiger partial charge in [-0.1, -0.05) is 12.1 Å². The minimum absolute atomic E-state index is 0. The zero-order valence-electron chi connectivity index (χ0n) is 15.8. The van der Waals surface area contributed by atoms with Crippen molar-refractivity contribution in [2.45, 2.75) is 40.2 Å². The molecule has 0 aliphatic heterocycles. The maximum absolute atomic E-state index is 13.8. The van der Waals surface area contributed by atoms with Crippen LogP contribution in [0.2, 0.25) is 0 Å². The van der Waals surface area contributed by atoms with Crippen molar-refractivity contribution < 1.29 is 4.39 Å². The highest BCUT2D eigenvalue weighted by atomic mass is 127. The van der Waals surface area contributed by atoms with Crippen molar-refractivity contribution in [3.8, 4) is 0 Å². The third-order valence-corrected chi connectivity index (χ3v) is 4.18. The zero-order chi connectivity index (χ0) is 18.2. The molecule has 0 amide bonds. The number of aryl methyl sites for hydroxylation is 2. The Hall–Kier alpha value is -1.70. The number of halogens is 2. The van der Waals surface area contributed by atoms with Gasteiger partial charge in [0.25, 0.3) is 0 Å². The third kappa shape index (κ3) is 6.55. The van der Waals surface area contributed by atoms with Gasteiger partial charge in [-0.25, -0.2) is 4.39 Å².